The monoisotopic (exact) mass is 249 g/mol. The van der Waals surface area contributed by atoms with Gasteiger partial charge in [0.05, 0.1) is 12.1 Å². The molecule has 0 bridgehead atoms. The summed E-state index contributed by atoms with van der Waals surface area (Å²) in [6.45, 7) is 1.97. The fourth-order valence-corrected chi connectivity index (χ4v) is 1.88. The molecule has 0 aromatic heterocycles. The van der Waals surface area contributed by atoms with Crippen LogP contribution in [0, 0.1) is 17.2 Å². The molecule has 2 unspecified atom stereocenters. The minimum Gasteiger partial charge on any atom is -0.353 e. The Morgan fingerprint density at radius 2 is 2.29 bits per heavy atom. The molecule has 7 heteroatoms. The maximum atomic E-state index is 12.5. The number of hydrogen-bond acceptors (Lipinski definition) is 3. The van der Waals surface area contributed by atoms with Crippen molar-refractivity contribution in [3.63, 3.8) is 0 Å². The van der Waals surface area contributed by atoms with E-state index in [0.29, 0.717) is 19.5 Å². The fourth-order valence-electron chi connectivity index (χ4n) is 1.88. The summed E-state index contributed by atoms with van der Waals surface area (Å²) in [6.07, 6.45) is -4.11. The van der Waals surface area contributed by atoms with Crippen LogP contribution in [0.1, 0.15) is 13.3 Å². The van der Waals surface area contributed by atoms with E-state index in [9.17, 15) is 18.0 Å². The van der Waals surface area contributed by atoms with Crippen LogP contribution in [0.2, 0.25) is 0 Å². The van der Waals surface area contributed by atoms with E-state index in [1.165, 1.54) is 11.0 Å². The minimum absolute atomic E-state index is 0.266. The smallest absolute Gasteiger partial charge is 0.353 e. The van der Waals surface area contributed by atoms with Gasteiger partial charge in [-0.15, -0.1) is 0 Å². The molecule has 0 aromatic carbocycles. The predicted molar refractivity (Wildman–Crippen MR) is 53.8 cm³/mol. The third-order valence-corrected chi connectivity index (χ3v) is 2.80. The summed E-state index contributed by atoms with van der Waals surface area (Å²) in [7, 11) is 0. The van der Waals surface area contributed by atoms with Crippen molar-refractivity contribution in [2.45, 2.75) is 25.6 Å². The van der Waals surface area contributed by atoms with Crippen molar-refractivity contribution in [1.82, 2.24) is 10.2 Å². The van der Waals surface area contributed by atoms with E-state index in [2.05, 4.69) is 5.32 Å². The Bertz CT molecular complexity index is 324. The first-order chi connectivity index (χ1) is 7.90. The number of amides is 1. The molecule has 0 saturated carbocycles. The van der Waals surface area contributed by atoms with Crippen molar-refractivity contribution in [1.29, 1.82) is 5.26 Å². The largest absolute Gasteiger partial charge is 0.405 e. The topological polar surface area (TPSA) is 56.1 Å². The molecule has 0 aliphatic carbocycles. The Morgan fingerprint density at radius 1 is 1.65 bits per heavy atom. The highest BCUT2D eigenvalue weighted by Crippen LogP contribution is 2.27. The lowest BCUT2D eigenvalue weighted by Gasteiger charge is -2.35. The van der Waals surface area contributed by atoms with Crippen molar-refractivity contribution in [2.75, 3.05) is 19.6 Å². The van der Waals surface area contributed by atoms with Gasteiger partial charge in [0.1, 0.15) is 0 Å². The Balaban J connectivity index is 2.72. The molecule has 2 atom stereocenters. The molecule has 0 aromatic rings. The van der Waals surface area contributed by atoms with Gasteiger partial charge in [0.15, 0.2) is 5.92 Å². The highest BCUT2D eigenvalue weighted by atomic mass is 19.4. The first-order valence-corrected chi connectivity index (χ1v) is 5.38. The number of carbonyl (C=O) groups is 1. The summed E-state index contributed by atoms with van der Waals surface area (Å²) in [5.74, 6) is -2.31. The van der Waals surface area contributed by atoms with E-state index in [1.807, 2.05) is 0 Å². The number of alkyl halides is 3. The molecular weight excluding hydrogens is 235 g/mol. The Hall–Kier alpha value is -1.29. The average molecular weight is 249 g/mol. The number of nitrogens with zero attached hydrogens (tertiary/aromatic N) is 2. The highest BCUT2D eigenvalue weighted by Gasteiger charge is 2.42. The highest BCUT2D eigenvalue weighted by molar-refractivity contribution is 5.82. The summed E-state index contributed by atoms with van der Waals surface area (Å²) in [5, 5.41) is 11.1. The lowest BCUT2D eigenvalue weighted by atomic mass is 10.1. The van der Waals surface area contributed by atoms with Crippen LogP contribution in [-0.4, -0.2) is 42.7 Å². The first-order valence-electron chi connectivity index (χ1n) is 5.38. The molecular formula is C10H14F3N3O. The molecule has 0 spiro atoms. The van der Waals surface area contributed by atoms with Crippen LogP contribution < -0.4 is 5.32 Å². The Kier molecular flexibility index (Phi) is 4.34. The average Bonchev–Trinajstić information content (AvgIpc) is 2.24. The molecule has 1 aliphatic rings. The maximum absolute atomic E-state index is 12.5. The molecule has 1 aliphatic heterocycles. The summed E-state index contributed by atoms with van der Waals surface area (Å²) >= 11 is 0. The van der Waals surface area contributed by atoms with Gasteiger partial charge in [-0.25, -0.2) is 0 Å². The van der Waals surface area contributed by atoms with Crippen molar-refractivity contribution in [3.05, 3.63) is 0 Å². The van der Waals surface area contributed by atoms with Crippen LogP contribution in [0.4, 0.5) is 13.2 Å². The third-order valence-electron chi connectivity index (χ3n) is 2.80. The lowest BCUT2D eigenvalue weighted by Crippen LogP contribution is -2.56. The Morgan fingerprint density at radius 3 is 2.76 bits per heavy atom. The molecule has 1 saturated heterocycles. The van der Waals surface area contributed by atoms with Crippen LogP contribution in [0.5, 0.6) is 0 Å². The van der Waals surface area contributed by atoms with Crippen molar-refractivity contribution in [3.8, 4) is 6.07 Å². The van der Waals surface area contributed by atoms with Crippen LogP contribution in [0.15, 0.2) is 0 Å². The minimum atomic E-state index is -4.54. The van der Waals surface area contributed by atoms with Gasteiger partial charge in [-0.05, 0) is 6.42 Å². The summed E-state index contributed by atoms with van der Waals surface area (Å²) in [4.78, 5) is 12.9. The number of rotatable bonds is 3. The van der Waals surface area contributed by atoms with Crippen molar-refractivity contribution in [2.24, 2.45) is 5.92 Å². The van der Waals surface area contributed by atoms with Crippen LogP contribution >= 0.6 is 0 Å². The number of hydrogen-bond donors (Lipinski definition) is 1. The van der Waals surface area contributed by atoms with Crippen LogP contribution in [-0.2, 0) is 4.79 Å². The Labute approximate surface area is 97.4 Å². The number of nitrogens with one attached hydrogen (secondary N) is 1. The maximum Gasteiger partial charge on any atom is 0.405 e. The van der Waals surface area contributed by atoms with E-state index >= 15 is 0 Å². The number of halogens is 3. The molecule has 1 rings (SSSR count). The van der Waals surface area contributed by atoms with Gasteiger partial charge in [0.2, 0.25) is 5.91 Å². The van der Waals surface area contributed by atoms with Gasteiger partial charge in [-0.2, -0.15) is 18.4 Å². The van der Waals surface area contributed by atoms with Gasteiger partial charge < -0.3 is 5.32 Å². The standard InChI is InChI=1S/C10H14F3N3O/c1-2-8-9(17)15-3-4-16(8)6-7(5-14)10(11,12)13/h7-8H,2-4,6H2,1H3,(H,15,17). The first kappa shape index (κ1) is 13.8. The van der Waals surface area contributed by atoms with E-state index in [0.717, 1.165) is 0 Å². The predicted octanol–water partition coefficient (Wildman–Crippen LogP) is 0.899. The quantitative estimate of drug-likeness (QED) is 0.808. The molecule has 1 fully saturated rings. The zero-order chi connectivity index (χ0) is 13.1. The van der Waals surface area contributed by atoms with Gasteiger partial charge in [-0.1, -0.05) is 6.92 Å². The van der Waals surface area contributed by atoms with Crippen LogP contribution in [0.3, 0.4) is 0 Å². The van der Waals surface area contributed by atoms with Gasteiger partial charge in [-0.3, -0.25) is 9.69 Å². The van der Waals surface area contributed by atoms with Crippen LogP contribution in [0.25, 0.3) is 0 Å². The molecule has 17 heavy (non-hydrogen) atoms. The van der Waals surface area contributed by atoms with E-state index < -0.39 is 24.7 Å². The lowest BCUT2D eigenvalue weighted by molar-refractivity contribution is -0.166. The third kappa shape index (κ3) is 3.33. The zero-order valence-electron chi connectivity index (χ0n) is 9.42. The second-order valence-electron chi connectivity index (χ2n) is 3.93. The summed E-state index contributed by atoms with van der Waals surface area (Å²) in [6, 6.07) is 0.683. The second-order valence-corrected chi connectivity index (χ2v) is 3.93. The zero-order valence-corrected chi connectivity index (χ0v) is 9.42. The van der Waals surface area contributed by atoms with Gasteiger partial charge >= 0.3 is 6.18 Å². The molecule has 1 amide bonds. The normalized spacial score (nSPS) is 23.9. The SMILES string of the molecule is CCC1C(=O)NCCN1CC(C#N)C(F)(F)F. The second kappa shape index (κ2) is 5.36. The summed E-state index contributed by atoms with van der Waals surface area (Å²) in [5.41, 5.74) is 0. The molecule has 1 N–H and O–H groups in total. The molecule has 0 radical (unpaired) electrons. The molecule has 1 heterocycles. The molecule has 4 nitrogen and oxygen atoms in total. The van der Waals surface area contributed by atoms with E-state index in [4.69, 9.17) is 5.26 Å². The number of carbonyl (C=O) groups excluding carboxylic acids is 1. The van der Waals surface area contributed by atoms with Gasteiger partial charge in [0, 0.05) is 19.6 Å². The summed E-state index contributed by atoms with van der Waals surface area (Å²) < 4.78 is 37.4. The van der Waals surface area contributed by atoms with Crippen molar-refractivity contribution < 1.29 is 18.0 Å². The number of piperazine rings is 1. The van der Waals surface area contributed by atoms with E-state index in [-0.39, 0.29) is 5.91 Å². The number of nitriles is 1. The molecule has 96 valence electrons. The van der Waals surface area contributed by atoms with Crippen molar-refractivity contribution >= 4 is 5.91 Å². The van der Waals surface area contributed by atoms with Gasteiger partial charge in [0.25, 0.3) is 0 Å². The fraction of sp³-hybridized carbons (Fsp3) is 0.800. The van der Waals surface area contributed by atoms with E-state index in [1.54, 1.807) is 6.92 Å².